The van der Waals surface area contributed by atoms with Gasteiger partial charge in [-0.2, -0.15) is 0 Å². The van der Waals surface area contributed by atoms with Crippen LogP contribution in [0.15, 0.2) is 65.8 Å². The van der Waals surface area contributed by atoms with Gasteiger partial charge in [-0.05, 0) is 57.1 Å². The molecule has 0 spiro atoms. The molecule has 29 heavy (non-hydrogen) atoms. The number of hydrogen-bond donors (Lipinski definition) is 1. The summed E-state index contributed by atoms with van der Waals surface area (Å²) < 4.78 is 2.08. The van der Waals surface area contributed by atoms with Crippen LogP contribution < -0.4 is 5.32 Å². The Morgan fingerprint density at radius 1 is 1.03 bits per heavy atom. The zero-order chi connectivity index (χ0) is 20.1. The van der Waals surface area contributed by atoms with E-state index in [9.17, 15) is 4.79 Å². The first-order valence-electron chi connectivity index (χ1n) is 9.95. The summed E-state index contributed by atoms with van der Waals surface area (Å²) in [4.78, 5) is 15.1. The Balaban J connectivity index is 1.54. The third-order valence-electron chi connectivity index (χ3n) is 4.97. The topological polar surface area (TPSA) is 63.1 Å². The molecule has 6 nitrogen and oxygen atoms in total. The van der Waals surface area contributed by atoms with Crippen molar-refractivity contribution in [3.05, 3.63) is 66.5 Å². The SMILES string of the molecule is CC(Sc1nnc(CN2CCCC2)n1-c1ccccc1)C(=O)Nc1ccccc1. The monoisotopic (exact) mass is 407 g/mol. The first kappa shape index (κ1) is 19.7. The molecular weight excluding hydrogens is 382 g/mol. The van der Waals surface area contributed by atoms with Crippen LogP contribution in [0.4, 0.5) is 5.69 Å². The van der Waals surface area contributed by atoms with Gasteiger partial charge in [-0.3, -0.25) is 14.3 Å². The van der Waals surface area contributed by atoms with E-state index in [-0.39, 0.29) is 11.2 Å². The van der Waals surface area contributed by atoms with Crippen molar-refractivity contribution < 1.29 is 4.79 Å². The predicted molar refractivity (Wildman–Crippen MR) is 116 cm³/mol. The zero-order valence-electron chi connectivity index (χ0n) is 16.5. The predicted octanol–water partition coefficient (Wildman–Crippen LogP) is 3.98. The number of benzene rings is 2. The second-order valence-corrected chi connectivity index (χ2v) is 8.48. The molecule has 1 unspecified atom stereocenters. The molecule has 1 saturated heterocycles. The first-order chi connectivity index (χ1) is 14.2. The number of carbonyl (C=O) groups excluding carboxylic acids is 1. The molecule has 0 aliphatic carbocycles. The second-order valence-electron chi connectivity index (χ2n) is 7.17. The van der Waals surface area contributed by atoms with Gasteiger partial charge in [0.2, 0.25) is 5.91 Å². The molecule has 2 heterocycles. The van der Waals surface area contributed by atoms with E-state index in [1.54, 1.807) is 0 Å². The maximum atomic E-state index is 12.7. The number of carbonyl (C=O) groups is 1. The fraction of sp³-hybridized carbons (Fsp3) is 0.318. The van der Waals surface area contributed by atoms with Crippen LogP contribution in [0.5, 0.6) is 0 Å². The molecule has 1 aromatic heterocycles. The average Bonchev–Trinajstić information content (AvgIpc) is 3.40. The summed E-state index contributed by atoms with van der Waals surface area (Å²) in [7, 11) is 0. The molecule has 0 radical (unpaired) electrons. The number of anilines is 1. The minimum absolute atomic E-state index is 0.0510. The molecule has 0 saturated carbocycles. The molecule has 1 aliphatic rings. The number of nitrogens with zero attached hydrogens (tertiary/aromatic N) is 4. The van der Waals surface area contributed by atoms with Crippen LogP contribution in [0, 0.1) is 0 Å². The highest BCUT2D eigenvalue weighted by Gasteiger charge is 2.23. The van der Waals surface area contributed by atoms with E-state index in [4.69, 9.17) is 0 Å². The number of amides is 1. The summed E-state index contributed by atoms with van der Waals surface area (Å²) in [5, 5.41) is 12.3. The third-order valence-corrected chi connectivity index (χ3v) is 6.01. The second kappa shape index (κ2) is 9.24. The van der Waals surface area contributed by atoms with Crippen molar-refractivity contribution in [3.63, 3.8) is 0 Å². The lowest BCUT2D eigenvalue weighted by atomic mass is 10.3. The van der Waals surface area contributed by atoms with Gasteiger partial charge in [0, 0.05) is 11.4 Å². The third kappa shape index (κ3) is 4.86. The minimum Gasteiger partial charge on any atom is -0.325 e. The van der Waals surface area contributed by atoms with E-state index in [2.05, 4.69) is 37.1 Å². The van der Waals surface area contributed by atoms with Crippen molar-refractivity contribution >= 4 is 23.4 Å². The van der Waals surface area contributed by atoms with Gasteiger partial charge in [0.25, 0.3) is 0 Å². The Kier molecular flexibility index (Phi) is 6.27. The lowest BCUT2D eigenvalue weighted by molar-refractivity contribution is -0.115. The Morgan fingerprint density at radius 2 is 1.69 bits per heavy atom. The maximum absolute atomic E-state index is 12.7. The molecule has 1 atom stereocenters. The number of likely N-dealkylation sites (tertiary alicyclic amines) is 1. The fourth-order valence-corrected chi connectivity index (χ4v) is 4.32. The zero-order valence-corrected chi connectivity index (χ0v) is 17.3. The number of aromatic nitrogens is 3. The Bertz CT molecular complexity index is 938. The highest BCUT2D eigenvalue weighted by Crippen LogP contribution is 2.27. The van der Waals surface area contributed by atoms with Crippen molar-refractivity contribution in [2.45, 2.75) is 36.7 Å². The number of thioether (sulfide) groups is 1. The molecular formula is C22H25N5OS. The van der Waals surface area contributed by atoms with Gasteiger partial charge < -0.3 is 5.32 Å². The summed E-state index contributed by atoms with van der Waals surface area (Å²) in [6.07, 6.45) is 2.47. The van der Waals surface area contributed by atoms with Crippen LogP contribution in [0.3, 0.4) is 0 Å². The molecule has 1 fully saturated rings. The lowest BCUT2D eigenvalue weighted by Crippen LogP contribution is -2.23. The summed E-state index contributed by atoms with van der Waals surface area (Å²) in [5.41, 5.74) is 1.81. The summed E-state index contributed by atoms with van der Waals surface area (Å²) in [6.45, 7) is 4.86. The molecule has 2 aromatic carbocycles. The van der Waals surface area contributed by atoms with Crippen molar-refractivity contribution in [2.75, 3.05) is 18.4 Å². The normalized spacial score (nSPS) is 15.3. The first-order valence-corrected chi connectivity index (χ1v) is 10.8. The number of nitrogens with one attached hydrogen (secondary N) is 1. The fourth-order valence-electron chi connectivity index (χ4n) is 3.43. The van der Waals surface area contributed by atoms with Gasteiger partial charge in [-0.15, -0.1) is 10.2 Å². The molecule has 1 amide bonds. The van der Waals surface area contributed by atoms with Crippen LogP contribution in [-0.2, 0) is 11.3 Å². The largest absolute Gasteiger partial charge is 0.325 e. The molecule has 150 valence electrons. The van der Waals surface area contributed by atoms with Crippen molar-refractivity contribution in [1.82, 2.24) is 19.7 Å². The van der Waals surface area contributed by atoms with Crippen LogP contribution in [0.2, 0.25) is 0 Å². The van der Waals surface area contributed by atoms with Crippen LogP contribution >= 0.6 is 11.8 Å². The maximum Gasteiger partial charge on any atom is 0.237 e. The highest BCUT2D eigenvalue weighted by atomic mass is 32.2. The van der Waals surface area contributed by atoms with Crippen molar-refractivity contribution in [1.29, 1.82) is 0 Å². The summed E-state index contributed by atoms with van der Waals surface area (Å²) in [5.74, 6) is 0.862. The quantitative estimate of drug-likeness (QED) is 0.600. The summed E-state index contributed by atoms with van der Waals surface area (Å²) in [6, 6.07) is 19.6. The molecule has 4 rings (SSSR count). The van der Waals surface area contributed by atoms with Crippen LogP contribution in [0.25, 0.3) is 5.69 Å². The van der Waals surface area contributed by atoms with E-state index in [0.717, 1.165) is 42.0 Å². The van der Waals surface area contributed by atoms with Gasteiger partial charge in [-0.1, -0.05) is 48.2 Å². The highest BCUT2D eigenvalue weighted by molar-refractivity contribution is 8.00. The summed E-state index contributed by atoms with van der Waals surface area (Å²) >= 11 is 1.43. The van der Waals surface area contributed by atoms with Gasteiger partial charge in [0.15, 0.2) is 11.0 Å². The smallest absolute Gasteiger partial charge is 0.237 e. The number of rotatable bonds is 7. The Labute approximate surface area is 175 Å². The van der Waals surface area contributed by atoms with E-state index < -0.39 is 0 Å². The lowest BCUT2D eigenvalue weighted by Gasteiger charge is -2.17. The van der Waals surface area contributed by atoms with Crippen LogP contribution in [0.1, 0.15) is 25.6 Å². The molecule has 3 aromatic rings. The van der Waals surface area contributed by atoms with E-state index in [1.165, 1.54) is 24.6 Å². The van der Waals surface area contributed by atoms with Gasteiger partial charge >= 0.3 is 0 Å². The van der Waals surface area contributed by atoms with Crippen molar-refractivity contribution in [2.24, 2.45) is 0 Å². The molecule has 1 N–H and O–H groups in total. The van der Waals surface area contributed by atoms with Gasteiger partial charge in [0.1, 0.15) is 0 Å². The minimum atomic E-state index is -0.304. The standard InChI is InChI=1S/C22H25N5OS/c1-17(21(28)23-18-10-4-2-5-11-18)29-22-25-24-20(16-26-14-8-9-15-26)27(22)19-12-6-3-7-13-19/h2-7,10-13,17H,8-9,14-16H2,1H3,(H,23,28). The van der Waals surface area contributed by atoms with Crippen molar-refractivity contribution in [3.8, 4) is 5.69 Å². The number of hydrogen-bond acceptors (Lipinski definition) is 5. The molecule has 1 aliphatic heterocycles. The number of para-hydroxylation sites is 2. The Hall–Kier alpha value is -2.64. The van der Waals surface area contributed by atoms with E-state index >= 15 is 0 Å². The Morgan fingerprint density at radius 3 is 2.38 bits per heavy atom. The van der Waals surface area contributed by atoms with Crippen LogP contribution in [-0.4, -0.2) is 43.9 Å². The van der Waals surface area contributed by atoms with E-state index in [1.807, 2.05) is 55.5 Å². The van der Waals surface area contributed by atoms with Gasteiger partial charge in [0.05, 0.1) is 11.8 Å². The molecule has 0 bridgehead atoms. The van der Waals surface area contributed by atoms with E-state index in [0.29, 0.717) is 0 Å². The molecule has 7 heteroatoms. The average molecular weight is 408 g/mol. The van der Waals surface area contributed by atoms with Gasteiger partial charge in [-0.25, -0.2) is 0 Å².